The van der Waals surface area contributed by atoms with E-state index in [2.05, 4.69) is 20.6 Å². The van der Waals surface area contributed by atoms with Crippen molar-refractivity contribution >= 4 is 5.91 Å². The van der Waals surface area contributed by atoms with Crippen LogP contribution in [0.4, 0.5) is 8.78 Å². The molecule has 0 unspecified atom stereocenters. The highest BCUT2D eigenvalue weighted by Gasteiger charge is 2.36. The predicted molar refractivity (Wildman–Crippen MR) is 80.8 cm³/mol. The predicted octanol–water partition coefficient (Wildman–Crippen LogP) is 1.24. The lowest BCUT2D eigenvalue weighted by atomic mass is 9.86. The van der Waals surface area contributed by atoms with E-state index in [-0.39, 0.29) is 43.3 Å². The number of hydrogen-bond acceptors (Lipinski definition) is 6. The van der Waals surface area contributed by atoms with Crippen molar-refractivity contribution in [2.45, 2.75) is 50.6 Å². The summed E-state index contributed by atoms with van der Waals surface area (Å²) < 4.78 is 32.4. The highest BCUT2D eigenvalue weighted by atomic mass is 19.3. The minimum absolute atomic E-state index is 0.00367. The van der Waals surface area contributed by atoms with Gasteiger partial charge in [0.05, 0.1) is 6.54 Å². The minimum Gasteiger partial charge on any atom is -0.345 e. The molecule has 0 radical (unpaired) electrons. The summed E-state index contributed by atoms with van der Waals surface area (Å²) in [6.07, 6.45) is 1.66. The zero-order chi connectivity index (χ0) is 17.9. The molecule has 134 valence electrons. The standard InChI is InChI=1S/C15H17F2N5O3/c16-15(17)5-3-10(4-6-15)14-20-12(25-21-14)8-18-11(23)9-22-13(24)2-1-7-19-22/h1-2,7,10H,3-6,8-9H2,(H,18,23). The summed E-state index contributed by atoms with van der Waals surface area (Å²) in [5, 5.41) is 10.1. The van der Waals surface area contributed by atoms with Crippen LogP contribution in [0, 0.1) is 0 Å². The van der Waals surface area contributed by atoms with Gasteiger partial charge in [-0.1, -0.05) is 5.16 Å². The fourth-order valence-electron chi connectivity index (χ4n) is 2.68. The molecule has 2 aromatic rings. The van der Waals surface area contributed by atoms with E-state index < -0.39 is 11.8 Å². The lowest BCUT2D eigenvalue weighted by Gasteiger charge is -2.26. The Kier molecular flexibility index (Phi) is 4.86. The van der Waals surface area contributed by atoms with Crippen LogP contribution >= 0.6 is 0 Å². The third kappa shape index (κ3) is 4.46. The number of alkyl halides is 2. The van der Waals surface area contributed by atoms with Crippen LogP contribution < -0.4 is 10.9 Å². The number of carbonyl (C=O) groups excluding carboxylic acids is 1. The Morgan fingerprint density at radius 3 is 2.88 bits per heavy atom. The Labute approximate surface area is 141 Å². The van der Waals surface area contributed by atoms with E-state index in [0.29, 0.717) is 18.7 Å². The number of amides is 1. The summed E-state index contributed by atoms with van der Waals surface area (Å²) in [5.74, 6) is -2.62. The fourth-order valence-corrected chi connectivity index (χ4v) is 2.68. The SMILES string of the molecule is O=C(Cn1ncccc1=O)NCc1nc(C2CCC(F)(F)CC2)no1. The third-order valence-corrected chi connectivity index (χ3v) is 4.08. The van der Waals surface area contributed by atoms with E-state index in [0.717, 1.165) is 4.68 Å². The molecule has 0 aliphatic heterocycles. The van der Waals surface area contributed by atoms with E-state index in [4.69, 9.17) is 4.52 Å². The van der Waals surface area contributed by atoms with Crippen molar-refractivity contribution in [3.05, 3.63) is 40.4 Å². The molecule has 1 fully saturated rings. The molecule has 2 aromatic heterocycles. The number of carbonyl (C=O) groups is 1. The van der Waals surface area contributed by atoms with Crippen LogP contribution in [0.5, 0.6) is 0 Å². The summed E-state index contributed by atoms with van der Waals surface area (Å²) in [4.78, 5) is 27.5. The molecule has 2 heterocycles. The third-order valence-electron chi connectivity index (χ3n) is 4.08. The summed E-state index contributed by atoms with van der Waals surface area (Å²) in [6, 6.07) is 2.79. The second-order valence-electron chi connectivity index (χ2n) is 5.97. The van der Waals surface area contributed by atoms with Crippen LogP contribution in [-0.4, -0.2) is 31.8 Å². The molecular formula is C15H17F2N5O3. The largest absolute Gasteiger partial charge is 0.345 e. The van der Waals surface area contributed by atoms with Crippen molar-refractivity contribution in [1.29, 1.82) is 0 Å². The van der Waals surface area contributed by atoms with Crippen molar-refractivity contribution in [3.63, 3.8) is 0 Å². The molecule has 0 bridgehead atoms. The number of hydrogen-bond donors (Lipinski definition) is 1. The molecule has 0 spiro atoms. The Morgan fingerprint density at radius 2 is 2.16 bits per heavy atom. The normalized spacial score (nSPS) is 17.4. The van der Waals surface area contributed by atoms with Crippen LogP contribution in [0.1, 0.15) is 43.3 Å². The highest BCUT2D eigenvalue weighted by Crippen LogP contribution is 2.39. The van der Waals surface area contributed by atoms with Gasteiger partial charge in [0, 0.05) is 31.0 Å². The first-order valence-corrected chi connectivity index (χ1v) is 7.92. The molecule has 0 aromatic carbocycles. The quantitative estimate of drug-likeness (QED) is 0.867. The van der Waals surface area contributed by atoms with E-state index in [9.17, 15) is 18.4 Å². The van der Waals surface area contributed by atoms with Gasteiger partial charge < -0.3 is 9.84 Å². The van der Waals surface area contributed by atoms with Gasteiger partial charge in [0.2, 0.25) is 17.7 Å². The molecule has 3 rings (SSSR count). The van der Waals surface area contributed by atoms with Crippen LogP contribution in [0.15, 0.2) is 27.6 Å². The van der Waals surface area contributed by atoms with Gasteiger partial charge in [-0.25, -0.2) is 13.5 Å². The minimum atomic E-state index is -2.61. The average molecular weight is 353 g/mol. The number of halogens is 2. The van der Waals surface area contributed by atoms with Gasteiger partial charge in [-0.3, -0.25) is 9.59 Å². The Balaban J connectivity index is 1.51. The first kappa shape index (κ1) is 17.2. The van der Waals surface area contributed by atoms with Gasteiger partial charge in [0.1, 0.15) is 6.54 Å². The summed E-state index contributed by atoms with van der Waals surface area (Å²) in [5.41, 5.74) is -0.383. The molecule has 25 heavy (non-hydrogen) atoms. The smallest absolute Gasteiger partial charge is 0.267 e. The monoisotopic (exact) mass is 353 g/mol. The van der Waals surface area contributed by atoms with Crippen LogP contribution in [0.3, 0.4) is 0 Å². The maximum Gasteiger partial charge on any atom is 0.267 e. The molecule has 8 nitrogen and oxygen atoms in total. The van der Waals surface area contributed by atoms with Crippen molar-refractivity contribution in [1.82, 2.24) is 25.2 Å². The number of rotatable bonds is 5. The molecule has 1 aliphatic rings. The maximum atomic E-state index is 13.2. The zero-order valence-corrected chi connectivity index (χ0v) is 13.3. The molecule has 1 aliphatic carbocycles. The van der Waals surface area contributed by atoms with Crippen LogP contribution in [0.25, 0.3) is 0 Å². The molecule has 1 N–H and O–H groups in total. The van der Waals surface area contributed by atoms with Gasteiger partial charge in [-0.2, -0.15) is 10.1 Å². The van der Waals surface area contributed by atoms with Gasteiger partial charge in [-0.15, -0.1) is 0 Å². The topological polar surface area (TPSA) is 103 Å². The number of nitrogens with one attached hydrogen (secondary N) is 1. The van der Waals surface area contributed by atoms with Crippen LogP contribution in [-0.2, 0) is 17.9 Å². The number of aromatic nitrogens is 4. The van der Waals surface area contributed by atoms with E-state index in [1.807, 2.05) is 0 Å². The second kappa shape index (κ2) is 7.08. The van der Waals surface area contributed by atoms with Gasteiger partial charge in [0.15, 0.2) is 5.82 Å². The van der Waals surface area contributed by atoms with Gasteiger partial charge in [-0.05, 0) is 18.9 Å². The molecule has 0 saturated heterocycles. The Hall–Kier alpha value is -2.65. The number of nitrogens with zero attached hydrogens (tertiary/aromatic N) is 4. The summed E-state index contributed by atoms with van der Waals surface area (Å²) in [6.45, 7) is -0.228. The second-order valence-corrected chi connectivity index (χ2v) is 5.97. The van der Waals surface area contributed by atoms with Crippen molar-refractivity contribution in [2.75, 3.05) is 0 Å². The zero-order valence-electron chi connectivity index (χ0n) is 13.3. The molecular weight excluding hydrogens is 336 g/mol. The first-order chi connectivity index (χ1) is 11.9. The lowest BCUT2D eigenvalue weighted by Crippen LogP contribution is -2.32. The van der Waals surface area contributed by atoms with Crippen LogP contribution in [0.2, 0.25) is 0 Å². The average Bonchev–Trinajstić information content (AvgIpc) is 3.04. The molecule has 0 atom stereocenters. The van der Waals surface area contributed by atoms with Gasteiger partial charge >= 0.3 is 0 Å². The molecule has 1 saturated carbocycles. The van der Waals surface area contributed by atoms with E-state index in [1.165, 1.54) is 18.3 Å². The maximum absolute atomic E-state index is 13.2. The molecule has 1 amide bonds. The first-order valence-electron chi connectivity index (χ1n) is 7.92. The summed E-state index contributed by atoms with van der Waals surface area (Å²) >= 11 is 0. The van der Waals surface area contributed by atoms with E-state index in [1.54, 1.807) is 0 Å². The fraction of sp³-hybridized carbons (Fsp3) is 0.533. The highest BCUT2D eigenvalue weighted by molar-refractivity contribution is 5.75. The Bertz CT molecular complexity index is 794. The van der Waals surface area contributed by atoms with Crippen molar-refractivity contribution in [3.8, 4) is 0 Å². The van der Waals surface area contributed by atoms with E-state index >= 15 is 0 Å². The van der Waals surface area contributed by atoms with Crippen molar-refractivity contribution < 1.29 is 18.1 Å². The Morgan fingerprint density at radius 1 is 1.40 bits per heavy atom. The summed E-state index contributed by atoms with van der Waals surface area (Å²) in [7, 11) is 0. The molecule has 10 heteroatoms. The lowest BCUT2D eigenvalue weighted by molar-refractivity contribution is -0.122. The van der Waals surface area contributed by atoms with Gasteiger partial charge in [0.25, 0.3) is 5.56 Å². The van der Waals surface area contributed by atoms with Crippen molar-refractivity contribution in [2.24, 2.45) is 0 Å².